The topological polar surface area (TPSA) is 81.2 Å². The second-order valence-electron chi connectivity index (χ2n) is 5.78. The summed E-state index contributed by atoms with van der Waals surface area (Å²) < 4.78 is 5.11. The summed E-state index contributed by atoms with van der Waals surface area (Å²) in [5.41, 5.74) is 9.28. The number of rotatable bonds is 3. The van der Waals surface area contributed by atoms with Crippen LogP contribution in [0.4, 0.5) is 0 Å². The van der Waals surface area contributed by atoms with Crippen LogP contribution in [0.5, 0.6) is 0 Å². The molecule has 0 radical (unpaired) electrons. The first kappa shape index (κ1) is 13.8. The molecule has 0 fully saturated rings. The van der Waals surface area contributed by atoms with E-state index in [9.17, 15) is 4.79 Å². The number of hydrogen-bond acceptors (Lipinski definition) is 4. The summed E-state index contributed by atoms with van der Waals surface area (Å²) in [6.45, 7) is 4.01. The fourth-order valence-corrected chi connectivity index (χ4v) is 2.67. The molecule has 0 saturated heterocycles. The molecule has 3 rings (SSSR count). The summed E-state index contributed by atoms with van der Waals surface area (Å²) in [4.78, 5) is 12.2. The minimum absolute atomic E-state index is 0.109. The van der Waals surface area contributed by atoms with Crippen LogP contribution in [0.25, 0.3) is 0 Å². The molecule has 5 heteroatoms. The number of carbonyl (C=O) groups excluding carboxylic acids is 1. The van der Waals surface area contributed by atoms with Crippen LogP contribution in [0.3, 0.4) is 0 Å². The molecule has 110 valence electrons. The molecule has 0 saturated carbocycles. The molecule has 1 aromatic carbocycles. The van der Waals surface area contributed by atoms with Gasteiger partial charge in [-0.3, -0.25) is 4.79 Å². The molecule has 1 amide bonds. The minimum atomic E-state index is -0.261. The summed E-state index contributed by atoms with van der Waals surface area (Å²) in [6.07, 6.45) is 0.744. The number of nitrogens with two attached hydrogens (primary N) is 1. The summed E-state index contributed by atoms with van der Waals surface area (Å²) in [6, 6.07) is 9.41. The second kappa shape index (κ2) is 5.33. The first-order valence-corrected chi connectivity index (χ1v) is 7.17. The molecule has 1 aromatic heterocycles. The van der Waals surface area contributed by atoms with Crippen molar-refractivity contribution in [3.8, 4) is 0 Å². The van der Waals surface area contributed by atoms with Crippen molar-refractivity contribution < 1.29 is 9.32 Å². The zero-order valence-corrected chi connectivity index (χ0v) is 12.2. The molecule has 1 heterocycles. The van der Waals surface area contributed by atoms with E-state index in [1.165, 1.54) is 5.56 Å². The standard InChI is InChI=1S/C16H19N3O2/c1-9(2)12-8-14(21-19-12)16(20)18-13-7-10-5-3-4-6-11(10)15(13)17/h3-6,8-9,13,15H,7,17H2,1-2H3,(H,18,20)/t13-,15-/m0/s1. The Morgan fingerprint density at radius 2 is 2.19 bits per heavy atom. The zero-order valence-electron chi connectivity index (χ0n) is 12.2. The van der Waals surface area contributed by atoms with Crippen molar-refractivity contribution >= 4 is 5.91 Å². The van der Waals surface area contributed by atoms with Gasteiger partial charge < -0.3 is 15.6 Å². The normalized spacial score (nSPS) is 20.6. The number of aromatic nitrogens is 1. The SMILES string of the molecule is CC(C)c1cc(C(=O)N[C@H]2Cc3ccccc3[C@@H]2N)on1. The first-order valence-electron chi connectivity index (χ1n) is 7.17. The van der Waals surface area contributed by atoms with E-state index in [2.05, 4.69) is 10.5 Å². The van der Waals surface area contributed by atoms with Crippen LogP contribution in [-0.4, -0.2) is 17.1 Å². The van der Waals surface area contributed by atoms with E-state index in [1.807, 2.05) is 38.1 Å². The van der Waals surface area contributed by atoms with Crippen molar-refractivity contribution in [3.63, 3.8) is 0 Å². The number of nitrogens with one attached hydrogen (secondary N) is 1. The van der Waals surface area contributed by atoms with Crippen molar-refractivity contribution in [2.75, 3.05) is 0 Å². The smallest absolute Gasteiger partial charge is 0.290 e. The van der Waals surface area contributed by atoms with Crippen LogP contribution in [0, 0.1) is 0 Å². The number of nitrogens with zero attached hydrogens (tertiary/aromatic N) is 1. The van der Waals surface area contributed by atoms with Gasteiger partial charge >= 0.3 is 0 Å². The molecule has 1 aliphatic carbocycles. The van der Waals surface area contributed by atoms with E-state index in [4.69, 9.17) is 10.3 Å². The van der Waals surface area contributed by atoms with Gasteiger partial charge in [0.25, 0.3) is 5.91 Å². The molecular formula is C16H19N3O2. The highest BCUT2D eigenvalue weighted by molar-refractivity contribution is 5.91. The van der Waals surface area contributed by atoms with Crippen molar-refractivity contribution in [2.45, 2.75) is 38.3 Å². The van der Waals surface area contributed by atoms with Gasteiger partial charge in [0.1, 0.15) is 0 Å². The Morgan fingerprint density at radius 3 is 2.86 bits per heavy atom. The highest BCUT2D eigenvalue weighted by atomic mass is 16.5. The van der Waals surface area contributed by atoms with Gasteiger partial charge in [0, 0.05) is 6.07 Å². The number of hydrogen-bond donors (Lipinski definition) is 2. The fraction of sp³-hybridized carbons (Fsp3) is 0.375. The first-order chi connectivity index (χ1) is 10.1. The van der Waals surface area contributed by atoms with Gasteiger partial charge in [0.15, 0.2) is 0 Å². The van der Waals surface area contributed by atoms with E-state index in [-0.39, 0.29) is 29.7 Å². The predicted molar refractivity (Wildman–Crippen MR) is 78.9 cm³/mol. The Bertz CT molecular complexity index is 663. The van der Waals surface area contributed by atoms with Gasteiger partial charge in [0.05, 0.1) is 17.8 Å². The molecule has 2 atom stereocenters. The van der Waals surface area contributed by atoms with Gasteiger partial charge in [-0.2, -0.15) is 0 Å². The predicted octanol–water partition coefficient (Wildman–Crippen LogP) is 2.15. The summed E-state index contributed by atoms with van der Waals surface area (Å²) >= 11 is 0. The van der Waals surface area contributed by atoms with E-state index < -0.39 is 0 Å². The zero-order chi connectivity index (χ0) is 15.0. The third-order valence-corrected chi connectivity index (χ3v) is 3.95. The minimum Gasteiger partial charge on any atom is -0.351 e. The van der Waals surface area contributed by atoms with E-state index in [1.54, 1.807) is 6.07 Å². The van der Waals surface area contributed by atoms with Gasteiger partial charge in [-0.25, -0.2) is 0 Å². The molecule has 21 heavy (non-hydrogen) atoms. The number of amides is 1. The van der Waals surface area contributed by atoms with Crippen LogP contribution in [-0.2, 0) is 6.42 Å². The Labute approximate surface area is 123 Å². The van der Waals surface area contributed by atoms with Crippen LogP contribution in [0.2, 0.25) is 0 Å². The lowest BCUT2D eigenvalue weighted by Crippen LogP contribution is -2.40. The number of carbonyl (C=O) groups is 1. The molecule has 2 aromatic rings. The molecular weight excluding hydrogens is 266 g/mol. The van der Waals surface area contributed by atoms with Crippen LogP contribution < -0.4 is 11.1 Å². The van der Waals surface area contributed by atoms with E-state index in [0.29, 0.717) is 0 Å². The van der Waals surface area contributed by atoms with E-state index in [0.717, 1.165) is 17.7 Å². The van der Waals surface area contributed by atoms with Crippen LogP contribution in [0.15, 0.2) is 34.9 Å². The maximum atomic E-state index is 12.2. The lowest BCUT2D eigenvalue weighted by Gasteiger charge is -2.16. The molecule has 0 unspecified atom stereocenters. The van der Waals surface area contributed by atoms with Crippen molar-refractivity contribution in [2.24, 2.45) is 5.73 Å². The number of fused-ring (bicyclic) bond motifs is 1. The Hall–Kier alpha value is -2.14. The maximum absolute atomic E-state index is 12.2. The van der Waals surface area contributed by atoms with Gasteiger partial charge in [-0.1, -0.05) is 43.3 Å². The Kier molecular flexibility index (Phi) is 3.51. The molecule has 0 spiro atoms. The summed E-state index contributed by atoms with van der Waals surface area (Å²) in [5.74, 6) is 0.206. The largest absolute Gasteiger partial charge is 0.351 e. The second-order valence-corrected chi connectivity index (χ2v) is 5.78. The van der Waals surface area contributed by atoms with E-state index >= 15 is 0 Å². The highest BCUT2D eigenvalue weighted by Crippen LogP contribution is 2.29. The monoisotopic (exact) mass is 285 g/mol. The molecule has 1 aliphatic rings. The van der Waals surface area contributed by atoms with Crippen molar-refractivity contribution in [1.29, 1.82) is 0 Å². The fourth-order valence-electron chi connectivity index (χ4n) is 2.67. The third-order valence-electron chi connectivity index (χ3n) is 3.95. The number of benzene rings is 1. The quantitative estimate of drug-likeness (QED) is 0.905. The summed E-state index contributed by atoms with van der Waals surface area (Å²) in [7, 11) is 0. The highest BCUT2D eigenvalue weighted by Gasteiger charge is 2.31. The maximum Gasteiger partial charge on any atom is 0.290 e. The van der Waals surface area contributed by atoms with Crippen LogP contribution in [0.1, 0.15) is 53.2 Å². The lowest BCUT2D eigenvalue weighted by atomic mass is 10.1. The molecule has 3 N–H and O–H groups in total. The summed E-state index contributed by atoms with van der Waals surface area (Å²) in [5, 5.41) is 6.85. The van der Waals surface area contributed by atoms with Gasteiger partial charge in [-0.05, 0) is 23.5 Å². The van der Waals surface area contributed by atoms with Gasteiger partial charge in [0.2, 0.25) is 5.76 Å². The molecule has 0 aliphatic heterocycles. The average Bonchev–Trinajstić information content (AvgIpc) is 3.06. The molecule has 5 nitrogen and oxygen atoms in total. The average molecular weight is 285 g/mol. The third kappa shape index (κ3) is 2.56. The Morgan fingerprint density at radius 1 is 1.43 bits per heavy atom. The van der Waals surface area contributed by atoms with Crippen molar-refractivity contribution in [3.05, 3.63) is 52.9 Å². The lowest BCUT2D eigenvalue weighted by molar-refractivity contribution is 0.0896. The Balaban J connectivity index is 1.71. The molecule has 0 bridgehead atoms. The van der Waals surface area contributed by atoms with Gasteiger partial charge in [-0.15, -0.1) is 0 Å². The van der Waals surface area contributed by atoms with Crippen molar-refractivity contribution in [1.82, 2.24) is 10.5 Å². The van der Waals surface area contributed by atoms with Crippen LogP contribution >= 0.6 is 0 Å².